The molecule has 2 aromatic rings. The summed E-state index contributed by atoms with van der Waals surface area (Å²) in [6.07, 6.45) is 1.73. The van der Waals surface area contributed by atoms with Crippen molar-refractivity contribution in [2.75, 3.05) is 14.2 Å². The highest BCUT2D eigenvalue weighted by Crippen LogP contribution is 2.24. The first-order valence-electron chi connectivity index (χ1n) is 6.81. The van der Waals surface area contributed by atoms with E-state index >= 15 is 0 Å². The lowest BCUT2D eigenvalue weighted by atomic mass is 10.1. The second kappa shape index (κ2) is 7.17. The zero-order chi connectivity index (χ0) is 16.1. The fourth-order valence-corrected chi connectivity index (χ4v) is 2.18. The summed E-state index contributed by atoms with van der Waals surface area (Å²) in [7, 11) is 3.06. The number of carbonyl (C=O) groups is 1. The molecular formula is C15H18ClN3O3. The van der Waals surface area contributed by atoms with E-state index in [0.717, 1.165) is 6.54 Å². The van der Waals surface area contributed by atoms with Gasteiger partial charge in [0.25, 0.3) is 5.91 Å². The number of hydrogen-bond donors (Lipinski definition) is 1. The van der Waals surface area contributed by atoms with E-state index in [1.54, 1.807) is 36.2 Å². The minimum absolute atomic E-state index is 0.250. The molecule has 2 rings (SSSR count). The molecule has 0 bridgehead atoms. The van der Waals surface area contributed by atoms with Gasteiger partial charge in [0, 0.05) is 18.8 Å². The number of ether oxygens (including phenoxy) is 2. The number of benzene rings is 1. The van der Waals surface area contributed by atoms with Gasteiger partial charge in [0.15, 0.2) is 0 Å². The lowest BCUT2D eigenvalue weighted by molar-refractivity contribution is 0.0947. The third-order valence-electron chi connectivity index (χ3n) is 3.18. The molecule has 1 N–H and O–H groups in total. The van der Waals surface area contributed by atoms with Crippen LogP contribution in [0.5, 0.6) is 11.5 Å². The molecule has 118 valence electrons. The molecule has 0 unspecified atom stereocenters. The smallest absolute Gasteiger partial charge is 0.255 e. The molecule has 1 amide bonds. The van der Waals surface area contributed by atoms with Crippen molar-refractivity contribution in [2.45, 2.75) is 20.0 Å². The van der Waals surface area contributed by atoms with Gasteiger partial charge in [0.2, 0.25) is 0 Å². The molecule has 1 heterocycles. The Balaban J connectivity index is 2.10. The van der Waals surface area contributed by atoms with Crippen LogP contribution in [0.15, 0.2) is 24.4 Å². The summed E-state index contributed by atoms with van der Waals surface area (Å²) in [6.45, 7) is 2.94. The first-order chi connectivity index (χ1) is 10.6. The van der Waals surface area contributed by atoms with Crippen molar-refractivity contribution in [3.8, 4) is 11.5 Å². The molecule has 6 nitrogen and oxygen atoms in total. The van der Waals surface area contributed by atoms with E-state index in [2.05, 4.69) is 10.4 Å². The molecule has 0 radical (unpaired) electrons. The molecule has 0 aliphatic rings. The van der Waals surface area contributed by atoms with Crippen molar-refractivity contribution in [3.63, 3.8) is 0 Å². The zero-order valence-electron chi connectivity index (χ0n) is 12.7. The van der Waals surface area contributed by atoms with Crippen molar-refractivity contribution in [1.82, 2.24) is 15.1 Å². The third kappa shape index (κ3) is 3.51. The van der Waals surface area contributed by atoms with E-state index in [0.29, 0.717) is 27.8 Å². The van der Waals surface area contributed by atoms with Crippen molar-refractivity contribution in [3.05, 3.63) is 40.7 Å². The summed E-state index contributed by atoms with van der Waals surface area (Å²) in [5, 5.41) is 7.60. The Labute approximate surface area is 134 Å². The van der Waals surface area contributed by atoms with Crippen LogP contribution < -0.4 is 14.8 Å². The monoisotopic (exact) mass is 323 g/mol. The van der Waals surface area contributed by atoms with E-state index in [4.69, 9.17) is 21.1 Å². The Bertz CT molecular complexity index is 670. The van der Waals surface area contributed by atoms with Gasteiger partial charge in [0.05, 0.1) is 31.4 Å². The number of halogens is 1. The largest absolute Gasteiger partial charge is 0.497 e. The maximum atomic E-state index is 12.3. The Morgan fingerprint density at radius 3 is 2.73 bits per heavy atom. The summed E-state index contributed by atoms with van der Waals surface area (Å²) < 4.78 is 12.0. The average molecular weight is 324 g/mol. The Kier molecular flexibility index (Phi) is 5.27. The topological polar surface area (TPSA) is 65.4 Å². The van der Waals surface area contributed by atoms with Gasteiger partial charge in [-0.15, -0.1) is 0 Å². The predicted octanol–water partition coefficient (Wildman–Crippen LogP) is 2.50. The number of hydrogen-bond acceptors (Lipinski definition) is 4. The molecule has 0 aliphatic carbocycles. The summed E-state index contributed by atoms with van der Waals surface area (Å²) in [5.74, 6) is 0.807. The Hall–Kier alpha value is -2.21. The minimum Gasteiger partial charge on any atom is -0.497 e. The quantitative estimate of drug-likeness (QED) is 0.887. The van der Waals surface area contributed by atoms with Gasteiger partial charge in [-0.05, 0) is 19.1 Å². The number of amides is 1. The van der Waals surface area contributed by atoms with Crippen LogP contribution in [0.25, 0.3) is 0 Å². The lowest BCUT2D eigenvalue weighted by Gasteiger charge is -2.10. The summed E-state index contributed by atoms with van der Waals surface area (Å²) in [4.78, 5) is 12.3. The number of aryl methyl sites for hydroxylation is 1. The average Bonchev–Trinajstić information content (AvgIpc) is 2.92. The van der Waals surface area contributed by atoms with Crippen LogP contribution in [0, 0.1) is 0 Å². The van der Waals surface area contributed by atoms with Crippen LogP contribution in [0.1, 0.15) is 23.0 Å². The summed E-state index contributed by atoms with van der Waals surface area (Å²) in [6, 6.07) is 5.02. The maximum Gasteiger partial charge on any atom is 0.255 e. The van der Waals surface area contributed by atoms with Crippen LogP contribution in [-0.4, -0.2) is 29.9 Å². The molecule has 1 aromatic carbocycles. The zero-order valence-corrected chi connectivity index (χ0v) is 13.5. The highest BCUT2D eigenvalue weighted by Gasteiger charge is 2.14. The molecule has 7 heteroatoms. The van der Waals surface area contributed by atoms with E-state index in [1.807, 2.05) is 6.92 Å². The van der Waals surface area contributed by atoms with Crippen LogP contribution in [-0.2, 0) is 13.1 Å². The van der Waals surface area contributed by atoms with E-state index in [9.17, 15) is 4.79 Å². The highest BCUT2D eigenvalue weighted by molar-refractivity contribution is 6.31. The van der Waals surface area contributed by atoms with Crippen LogP contribution in [0.3, 0.4) is 0 Å². The van der Waals surface area contributed by atoms with Crippen molar-refractivity contribution in [1.29, 1.82) is 0 Å². The van der Waals surface area contributed by atoms with E-state index < -0.39 is 0 Å². The van der Waals surface area contributed by atoms with Crippen LogP contribution >= 0.6 is 11.6 Å². The summed E-state index contributed by atoms with van der Waals surface area (Å²) >= 11 is 6.08. The number of carbonyl (C=O) groups excluding carboxylic acids is 1. The first kappa shape index (κ1) is 16.2. The number of nitrogens with one attached hydrogen (secondary N) is 1. The highest BCUT2D eigenvalue weighted by atomic mass is 35.5. The normalized spacial score (nSPS) is 10.4. The second-order valence-corrected chi connectivity index (χ2v) is 4.94. The number of aromatic nitrogens is 2. The second-order valence-electron chi connectivity index (χ2n) is 4.53. The Morgan fingerprint density at radius 2 is 2.14 bits per heavy atom. The molecule has 0 aliphatic heterocycles. The fraction of sp³-hybridized carbons (Fsp3) is 0.333. The standard InChI is InChI=1S/C15H18ClN3O3/c1-4-19-9-12(16)13(18-19)8-17-15(20)11-6-5-10(21-2)7-14(11)22-3/h5-7,9H,4,8H2,1-3H3,(H,17,20). The van der Waals surface area contributed by atoms with Gasteiger partial charge in [-0.2, -0.15) is 5.10 Å². The van der Waals surface area contributed by atoms with Gasteiger partial charge in [-0.3, -0.25) is 9.48 Å². The van der Waals surface area contributed by atoms with Crippen molar-refractivity contribution >= 4 is 17.5 Å². The van der Waals surface area contributed by atoms with Crippen LogP contribution in [0.2, 0.25) is 5.02 Å². The molecule has 0 saturated heterocycles. The molecular weight excluding hydrogens is 306 g/mol. The number of methoxy groups -OCH3 is 2. The van der Waals surface area contributed by atoms with Gasteiger partial charge in [0.1, 0.15) is 17.2 Å². The molecule has 0 atom stereocenters. The molecule has 1 aromatic heterocycles. The SMILES string of the molecule is CCn1cc(Cl)c(CNC(=O)c2ccc(OC)cc2OC)n1. The molecule has 22 heavy (non-hydrogen) atoms. The van der Waals surface area contributed by atoms with Gasteiger partial charge < -0.3 is 14.8 Å². The fourth-order valence-electron chi connectivity index (χ4n) is 1.96. The lowest BCUT2D eigenvalue weighted by Crippen LogP contribution is -2.23. The van der Waals surface area contributed by atoms with Crippen molar-refractivity contribution in [2.24, 2.45) is 0 Å². The Morgan fingerprint density at radius 1 is 1.36 bits per heavy atom. The third-order valence-corrected chi connectivity index (χ3v) is 3.50. The molecule has 0 saturated carbocycles. The maximum absolute atomic E-state index is 12.3. The van der Waals surface area contributed by atoms with Gasteiger partial charge >= 0.3 is 0 Å². The number of rotatable bonds is 6. The molecule has 0 spiro atoms. The minimum atomic E-state index is -0.262. The van der Waals surface area contributed by atoms with E-state index in [1.165, 1.54) is 7.11 Å². The first-order valence-corrected chi connectivity index (χ1v) is 7.18. The van der Waals surface area contributed by atoms with E-state index in [-0.39, 0.29) is 12.5 Å². The predicted molar refractivity (Wildman–Crippen MR) is 83.6 cm³/mol. The summed E-state index contributed by atoms with van der Waals surface area (Å²) in [5.41, 5.74) is 1.05. The van der Waals surface area contributed by atoms with Crippen LogP contribution in [0.4, 0.5) is 0 Å². The molecule has 0 fully saturated rings. The van der Waals surface area contributed by atoms with Gasteiger partial charge in [-0.25, -0.2) is 0 Å². The number of nitrogens with zero attached hydrogens (tertiary/aromatic N) is 2. The van der Waals surface area contributed by atoms with Crippen molar-refractivity contribution < 1.29 is 14.3 Å². The van der Waals surface area contributed by atoms with Gasteiger partial charge in [-0.1, -0.05) is 11.6 Å².